The summed E-state index contributed by atoms with van der Waals surface area (Å²) in [4.78, 5) is 1.38. The van der Waals surface area contributed by atoms with Crippen molar-refractivity contribution in [3.8, 4) is 5.75 Å². The molecule has 1 aliphatic carbocycles. The molecular weight excluding hydrogens is 270 g/mol. The van der Waals surface area contributed by atoms with Crippen LogP contribution in [-0.2, 0) is 6.61 Å². The lowest BCUT2D eigenvalue weighted by Gasteiger charge is -2.19. The Morgan fingerprint density at radius 1 is 1.40 bits per heavy atom. The number of ether oxygens (including phenoxy) is 1. The molecule has 1 unspecified atom stereocenters. The summed E-state index contributed by atoms with van der Waals surface area (Å²) < 4.78 is 5.24. The van der Waals surface area contributed by atoms with Gasteiger partial charge in [0.1, 0.15) is 5.75 Å². The molecule has 0 bridgehead atoms. The highest BCUT2D eigenvalue weighted by molar-refractivity contribution is 7.10. The van der Waals surface area contributed by atoms with Crippen LogP contribution in [0.5, 0.6) is 5.75 Å². The Bertz CT molecular complexity index is 564. The summed E-state index contributed by atoms with van der Waals surface area (Å²) in [5, 5.41) is 15.1. The van der Waals surface area contributed by atoms with Crippen LogP contribution in [0.1, 0.15) is 29.3 Å². The molecule has 2 N–H and O–H groups in total. The van der Waals surface area contributed by atoms with E-state index in [-0.39, 0.29) is 6.61 Å². The van der Waals surface area contributed by atoms with Crippen LogP contribution in [0.3, 0.4) is 0 Å². The first-order valence-corrected chi connectivity index (χ1v) is 7.77. The molecule has 0 amide bonds. The Balaban J connectivity index is 1.82. The van der Waals surface area contributed by atoms with Gasteiger partial charge in [-0.3, -0.25) is 0 Å². The van der Waals surface area contributed by atoms with E-state index in [9.17, 15) is 5.11 Å². The number of hydrogen-bond acceptors (Lipinski definition) is 4. The number of nitrogens with one attached hydrogen (secondary N) is 1. The van der Waals surface area contributed by atoms with Gasteiger partial charge in [-0.2, -0.15) is 0 Å². The normalized spacial score (nSPS) is 15.9. The van der Waals surface area contributed by atoms with Crippen molar-refractivity contribution in [2.45, 2.75) is 25.5 Å². The van der Waals surface area contributed by atoms with Gasteiger partial charge in [0.05, 0.1) is 19.8 Å². The highest BCUT2D eigenvalue weighted by Crippen LogP contribution is 2.44. The number of methoxy groups -OCH3 is 1. The predicted molar refractivity (Wildman–Crippen MR) is 82.3 cm³/mol. The fourth-order valence-electron chi connectivity index (χ4n) is 2.49. The maximum Gasteiger partial charge on any atom is 0.124 e. The van der Waals surface area contributed by atoms with Crippen LogP contribution in [0.25, 0.3) is 0 Å². The van der Waals surface area contributed by atoms with Gasteiger partial charge in [0.25, 0.3) is 0 Å². The van der Waals surface area contributed by atoms with Crippen LogP contribution >= 0.6 is 11.3 Å². The lowest BCUT2D eigenvalue weighted by Crippen LogP contribution is -2.11. The minimum absolute atomic E-state index is 0.00814. The van der Waals surface area contributed by atoms with Gasteiger partial charge >= 0.3 is 0 Å². The van der Waals surface area contributed by atoms with E-state index in [0.717, 1.165) is 22.9 Å². The van der Waals surface area contributed by atoms with E-state index in [0.29, 0.717) is 6.04 Å². The Labute approximate surface area is 123 Å². The van der Waals surface area contributed by atoms with Crippen molar-refractivity contribution in [3.05, 3.63) is 46.2 Å². The molecular formula is C16H19NO2S. The van der Waals surface area contributed by atoms with Crippen LogP contribution in [-0.4, -0.2) is 12.2 Å². The molecule has 0 spiro atoms. The molecule has 1 aliphatic rings. The summed E-state index contributed by atoms with van der Waals surface area (Å²) in [5.74, 6) is 1.46. The summed E-state index contributed by atoms with van der Waals surface area (Å²) in [7, 11) is 1.63. The maximum atomic E-state index is 9.41. The summed E-state index contributed by atoms with van der Waals surface area (Å²) >= 11 is 1.80. The number of hydrogen-bond donors (Lipinski definition) is 2. The molecule has 2 aromatic rings. The van der Waals surface area contributed by atoms with Crippen LogP contribution in [0, 0.1) is 5.92 Å². The van der Waals surface area contributed by atoms with Crippen molar-refractivity contribution in [2.24, 2.45) is 5.92 Å². The van der Waals surface area contributed by atoms with E-state index in [1.54, 1.807) is 18.4 Å². The maximum absolute atomic E-state index is 9.41. The number of aliphatic hydroxyl groups is 1. The van der Waals surface area contributed by atoms with Gasteiger partial charge in [0.15, 0.2) is 0 Å². The first kappa shape index (κ1) is 13.5. The Morgan fingerprint density at radius 3 is 2.85 bits per heavy atom. The van der Waals surface area contributed by atoms with Gasteiger partial charge in [-0.25, -0.2) is 0 Å². The molecule has 1 aromatic carbocycles. The largest absolute Gasteiger partial charge is 0.496 e. The quantitative estimate of drug-likeness (QED) is 0.849. The third-order valence-electron chi connectivity index (χ3n) is 3.72. The average Bonchev–Trinajstić information content (AvgIpc) is 3.18. The highest BCUT2D eigenvalue weighted by atomic mass is 32.1. The smallest absolute Gasteiger partial charge is 0.124 e. The minimum atomic E-state index is -0.00814. The van der Waals surface area contributed by atoms with Gasteiger partial charge in [0.2, 0.25) is 0 Å². The molecule has 1 aromatic heterocycles. The first-order chi connectivity index (χ1) is 9.81. The zero-order valence-corrected chi connectivity index (χ0v) is 12.3. The fraction of sp³-hybridized carbons (Fsp3) is 0.375. The van der Waals surface area contributed by atoms with Crippen molar-refractivity contribution in [2.75, 3.05) is 12.4 Å². The standard InChI is InChI=1S/C16H19NO2S/c1-19-14-7-6-13(9-12(14)10-18)17-16(11-4-5-11)15-3-2-8-20-15/h2-3,6-9,11,16-18H,4-5,10H2,1H3. The molecule has 4 heteroatoms. The molecule has 0 saturated heterocycles. The van der Waals surface area contributed by atoms with E-state index in [1.165, 1.54) is 17.7 Å². The molecule has 1 fully saturated rings. The van der Waals surface area contributed by atoms with Gasteiger partial charge in [-0.05, 0) is 48.4 Å². The molecule has 3 rings (SSSR count). The van der Waals surface area contributed by atoms with Crippen molar-refractivity contribution >= 4 is 17.0 Å². The molecule has 1 heterocycles. The van der Waals surface area contributed by atoms with Gasteiger partial charge in [0, 0.05) is 16.1 Å². The van der Waals surface area contributed by atoms with Crippen molar-refractivity contribution in [3.63, 3.8) is 0 Å². The van der Waals surface area contributed by atoms with E-state index >= 15 is 0 Å². The highest BCUT2D eigenvalue weighted by Gasteiger charge is 2.32. The molecule has 3 nitrogen and oxygen atoms in total. The van der Waals surface area contributed by atoms with E-state index in [1.807, 2.05) is 18.2 Å². The second-order valence-corrected chi connectivity index (χ2v) is 6.14. The Morgan fingerprint density at radius 2 is 2.25 bits per heavy atom. The summed E-state index contributed by atoms with van der Waals surface area (Å²) in [5.41, 5.74) is 1.86. The SMILES string of the molecule is COc1ccc(NC(c2cccs2)C2CC2)cc1CO. The van der Waals surface area contributed by atoms with Crippen molar-refractivity contribution in [1.82, 2.24) is 0 Å². The first-order valence-electron chi connectivity index (χ1n) is 6.89. The Hall–Kier alpha value is -1.52. The molecule has 1 saturated carbocycles. The summed E-state index contributed by atoms with van der Waals surface area (Å²) in [6, 6.07) is 10.6. The van der Waals surface area contributed by atoms with Crippen molar-refractivity contribution < 1.29 is 9.84 Å². The van der Waals surface area contributed by atoms with Crippen molar-refractivity contribution in [1.29, 1.82) is 0 Å². The van der Waals surface area contributed by atoms with E-state index in [4.69, 9.17) is 4.74 Å². The van der Waals surface area contributed by atoms with Crippen LogP contribution in [0.2, 0.25) is 0 Å². The van der Waals surface area contributed by atoms with Crippen LogP contribution in [0.15, 0.2) is 35.7 Å². The summed E-state index contributed by atoms with van der Waals surface area (Å²) in [6.07, 6.45) is 2.58. The molecule has 0 aliphatic heterocycles. The second kappa shape index (κ2) is 5.85. The lowest BCUT2D eigenvalue weighted by molar-refractivity contribution is 0.274. The molecule has 20 heavy (non-hydrogen) atoms. The second-order valence-electron chi connectivity index (χ2n) is 5.16. The molecule has 1 atom stereocenters. The van der Waals surface area contributed by atoms with Gasteiger partial charge in [-0.15, -0.1) is 11.3 Å². The lowest BCUT2D eigenvalue weighted by atomic mass is 10.1. The average molecular weight is 289 g/mol. The minimum Gasteiger partial charge on any atom is -0.496 e. The predicted octanol–water partition coefficient (Wildman–Crippen LogP) is 3.81. The van der Waals surface area contributed by atoms with Crippen LogP contribution < -0.4 is 10.1 Å². The number of benzene rings is 1. The zero-order chi connectivity index (χ0) is 13.9. The zero-order valence-electron chi connectivity index (χ0n) is 11.5. The van der Waals surface area contributed by atoms with Gasteiger partial charge < -0.3 is 15.2 Å². The topological polar surface area (TPSA) is 41.5 Å². The molecule has 0 radical (unpaired) electrons. The summed E-state index contributed by atoms with van der Waals surface area (Å²) in [6.45, 7) is -0.00814. The van der Waals surface area contributed by atoms with E-state index in [2.05, 4.69) is 22.8 Å². The molecule has 106 valence electrons. The number of anilines is 1. The van der Waals surface area contributed by atoms with Crippen LogP contribution in [0.4, 0.5) is 5.69 Å². The number of rotatable bonds is 6. The third kappa shape index (κ3) is 2.81. The number of thiophene rings is 1. The fourth-order valence-corrected chi connectivity index (χ4v) is 3.36. The van der Waals surface area contributed by atoms with E-state index < -0.39 is 0 Å². The third-order valence-corrected chi connectivity index (χ3v) is 4.67. The number of aliphatic hydroxyl groups excluding tert-OH is 1. The Kier molecular flexibility index (Phi) is 3.94. The van der Waals surface area contributed by atoms with Gasteiger partial charge in [-0.1, -0.05) is 6.07 Å². The monoisotopic (exact) mass is 289 g/mol.